The van der Waals surface area contributed by atoms with Gasteiger partial charge in [-0.05, 0) is 67.5 Å². The number of benzene rings is 1. The molecular weight excluding hydrogens is 403 g/mol. The lowest BCUT2D eigenvalue weighted by atomic mass is 9.53. The molecule has 1 aromatic carbocycles. The zero-order valence-electron chi connectivity index (χ0n) is 16.2. The van der Waals surface area contributed by atoms with Gasteiger partial charge in [0.15, 0.2) is 5.13 Å². The van der Waals surface area contributed by atoms with Crippen molar-refractivity contribution in [3.05, 3.63) is 59.4 Å². The molecule has 0 unspecified atom stereocenters. The number of hydrogen-bond acceptors (Lipinski definition) is 6. The van der Waals surface area contributed by atoms with Crippen LogP contribution in [0, 0.1) is 11.2 Å². The zero-order chi connectivity index (χ0) is 20.7. The lowest BCUT2D eigenvalue weighted by Gasteiger charge is -2.57. The molecule has 2 aromatic heterocycles. The van der Waals surface area contributed by atoms with Crippen LogP contribution in [0.15, 0.2) is 48.0 Å². The number of carbonyl (C=O) groups is 1. The molecular formula is C22H21FN4O2S. The summed E-state index contributed by atoms with van der Waals surface area (Å²) in [7, 11) is 0. The number of nitrogens with one attached hydrogen (secondary N) is 1. The Morgan fingerprint density at radius 3 is 2.70 bits per heavy atom. The Kier molecular flexibility index (Phi) is 4.66. The number of anilines is 1. The fourth-order valence-corrected chi connectivity index (χ4v) is 5.31. The number of nitrogens with zero attached hydrogens (tertiary/aromatic N) is 2. The third-order valence-corrected chi connectivity index (χ3v) is 6.74. The predicted molar refractivity (Wildman–Crippen MR) is 113 cm³/mol. The highest BCUT2D eigenvalue weighted by atomic mass is 32.1. The van der Waals surface area contributed by atoms with E-state index in [4.69, 9.17) is 10.5 Å². The van der Waals surface area contributed by atoms with Crippen molar-refractivity contribution < 1.29 is 13.9 Å². The molecule has 0 aliphatic heterocycles. The first-order valence-corrected chi connectivity index (χ1v) is 10.8. The van der Waals surface area contributed by atoms with Crippen LogP contribution >= 0.6 is 11.3 Å². The Bertz CT molecular complexity index is 1070. The maximum Gasteiger partial charge on any atom is 0.254 e. The topological polar surface area (TPSA) is 90.1 Å². The molecule has 3 N–H and O–H groups in total. The van der Waals surface area contributed by atoms with Crippen molar-refractivity contribution in [2.24, 2.45) is 11.1 Å². The first-order chi connectivity index (χ1) is 14.5. The van der Waals surface area contributed by atoms with Crippen molar-refractivity contribution in [1.29, 1.82) is 0 Å². The average molecular weight is 425 g/mol. The van der Waals surface area contributed by atoms with Crippen molar-refractivity contribution in [3.63, 3.8) is 0 Å². The summed E-state index contributed by atoms with van der Waals surface area (Å²) in [4.78, 5) is 20.3. The van der Waals surface area contributed by atoms with Crippen LogP contribution in [0.5, 0.6) is 5.88 Å². The van der Waals surface area contributed by atoms with Gasteiger partial charge in [-0.25, -0.2) is 14.4 Å². The maximum atomic E-state index is 13.1. The van der Waals surface area contributed by atoms with Crippen LogP contribution in [-0.4, -0.2) is 28.0 Å². The monoisotopic (exact) mass is 424 g/mol. The molecule has 2 saturated carbocycles. The number of hydrogen-bond donors (Lipinski definition) is 2. The summed E-state index contributed by atoms with van der Waals surface area (Å²) in [6.07, 6.45) is 5.74. The summed E-state index contributed by atoms with van der Waals surface area (Å²) in [5, 5.41) is 6.39. The summed E-state index contributed by atoms with van der Waals surface area (Å²) in [5.74, 6) is -0.442. The lowest BCUT2D eigenvalue weighted by Crippen LogP contribution is -2.56. The van der Waals surface area contributed by atoms with Crippen LogP contribution in [-0.2, 0) is 0 Å². The van der Waals surface area contributed by atoms with Gasteiger partial charge in [0.2, 0.25) is 5.88 Å². The minimum Gasteiger partial charge on any atom is -0.474 e. The van der Waals surface area contributed by atoms with Gasteiger partial charge in [-0.2, -0.15) is 0 Å². The second kappa shape index (κ2) is 7.36. The van der Waals surface area contributed by atoms with Gasteiger partial charge in [-0.15, -0.1) is 11.3 Å². The van der Waals surface area contributed by atoms with Crippen LogP contribution < -0.4 is 15.8 Å². The molecule has 30 heavy (non-hydrogen) atoms. The highest BCUT2D eigenvalue weighted by molar-refractivity contribution is 7.14. The number of pyridine rings is 1. The Hall–Kier alpha value is -3.00. The molecule has 154 valence electrons. The molecule has 8 heteroatoms. The SMILES string of the molecule is NC(=O)c1cccnc1OC1CC2(CC(Nc3nc(-c4ccc(F)cc4)cs3)C2)C1. The lowest BCUT2D eigenvalue weighted by molar-refractivity contribution is -0.0759. The molecule has 2 fully saturated rings. The minimum atomic E-state index is -0.525. The molecule has 2 aliphatic carbocycles. The third kappa shape index (κ3) is 3.63. The summed E-state index contributed by atoms with van der Waals surface area (Å²) < 4.78 is 19.0. The molecule has 0 atom stereocenters. The second-order valence-electron chi connectivity index (χ2n) is 8.16. The minimum absolute atomic E-state index is 0.0730. The van der Waals surface area contributed by atoms with E-state index in [1.807, 2.05) is 5.38 Å². The van der Waals surface area contributed by atoms with Gasteiger partial charge in [-0.3, -0.25) is 4.79 Å². The van der Waals surface area contributed by atoms with Crippen molar-refractivity contribution in [2.75, 3.05) is 5.32 Å². The Morgan fingerprint density at radius 1 is 1.20 bits per heavy atom. The number of carbonyl (C=O) groups excluding carboxylic acids is 1. The molecule has 1 spiro atoms. The number of halogens is 1. The summed E-state index contributed by atoms with van der Waals surface area (Å²) in [6, 6.07) is 10.1. The number of amides is 1. The normalized spacial score (nSPS) is 24.7. The van der Waals surface area contributed by atoms with Crippen LogP contribution in [0.1, 0.15) is 36.0 Å². The summed E-state index contributed by atoms with van der Waals surface area (Å²) in [5.41, 5.74) is 7.79. The molecule has 2 heterocycles. The molecule has 2 aliphatic rings. The van der Waals surface area contributed by atoms with E-state index in [2.05, 4.69) is 15.3 Å². The first-order valence-electron chi connectivity index (χ1n) is 9.89. The van der Waals surface area contributed by atoms with Crippen molar-refractivity contribution in [3.8, 4) is 17.1 Å². The van der Waals surface area contributed by atoms with E-state index in [0.717, 1.165) is 42.1 Å². The van der Waals surface area contributed by atoms with Crippen LogP contribution in [0.2, 0.25) is 0 Å². The molecule has 5 rings (SSSR count). The molecule has 6 nitrogen and oxygen atoms in total. The maximum absolute atomic E-state index is 13.1. The Labute approximate surface area is 177 Å². The quantitative estimate of drug-likeness (QED) is 0.618. The highest BCUT2D eigenvalue weighted by Gasteiger charge is 2.54. The number of nitrogens with two attached hydrogens (primary N) is 1. The van der Waals surface area contributed by atoms with Gasteiger partial charge >= 0.3 is 0 Å². The zero-order valence-corrected chi connectivity index (χ0v) is 17.0. The van der Waals surface area contributed by atoms with Gasteiger partial charge in [-0.1, -0.05) is 0 Å². The van der Waals surface area contributed by atoms with Gasteiger partial charge in [0.25, 0.3) is 5.91 Å². The van der Waals surface area contributed by atoms with E-state index in [-0.39, 0.29) is 11.9 Å². The van der Waals surface area contributed by atoms with E-state index in [0.29, 0.717) is 22.9 Å². The standard InChI is InChI=1S/C22H21FN4O2S/c23-14-5-3-13(4-6-14)18-12-30-21(27-18)26-15-8-22(9-15)10-16(11-22)29-20-17(19(24)28)2-1-7-25-20/h1-7,12,15-16H,8-11H2,(H2,24,28)(H,26,27). The van der Waals surface area contributed by atoms with Gasteiger partial charge in [0, 0.05) is 23.2 Å². The van der Waals surface area contributed by atoms with E-state index in [1.54, 1.807) is 41.8 Å². The van der Waals surface area contributed by atoms with E-state index >= 15 is 0 Å². The van der Waals surface area contributed by atoms with Crippen LogP contribution in [0.3, 0.4) is 0 Å². The fraction of sp³-hybridized carbons (Fsp3) is 0.318. The fourth-order valence-electron chi connectivity index (χ4n) is 4.51. The molecule has 0 radical (unpaired) electrons. The number of thiazole rings is 1. The van der Waals surface area contributed by atoms with E-state index < -0.39 is 5.91 Å². The van der Waals surface area contributed by atoms with Crippen LogP contribution in [0.25, 0.3) is 11.3 Å². The number of aromatic nitrogens is 2. The summed E-state index contributed by atoms with van der Waals surface area (Å²) in [6.45, 7) is 0. The number of primary amides is 1. The van der Waals surface area contributed by atoms with E-state index in [9.17, 15) is 9.18 Å². The summed E-state index contributed by atoms with van der Waals surface area (Å²) >= 11 is 1.57. The van der Waals surface area contributed by atoms with Crippen molar-refractivity contribution in [2.45, 2.75) is 37.8 Å². The second-order valence-corrected chi connectivity index (χ2v) is 9.02. The van der Waals surface area contributed by atoms with Gasteiger partial charge in [0.05, 0.1) is 5.69 Å². The first kappa shape index (κ1) is 19.0. The number of ether oxygens (including phenoxy) is 1. The third-order valence-electron chi connectivity index (χ3n) is 5.97. The predicted octanol–water partition coefficient (Wildman–Crippen LogP) is 4.25. The smallest absolute Gasteiger partial charge is 0.254 e. The molecule has 1 amide bonds. The average Bonchev–Trinajstić information content (AvgIpc) is 3.14. The van der Waals surface area contributed by atoms with Gasteiger partial charge in [0.1, 0.15) is 17.5 Å². The Balaban J connectivity index is 1.12. The van der Waals surface area contributed by atoms with Crippen molar-refractivity contribution in [1.82, 2.24) is 9.97 Å². The van der Waals surface area contributed by atoms with E-state index in [1.165, 1.54) is 12.1 Å². The molecule has 3 aromatic rings. The number of rotatable bonds is 6. The molecule has 0 bridgehead atoms. The van der Waals surface area contributed by atoms with Gasteiger partial charge < -0.3 is 15.8 Å². The van der Waals surface area contributed by atoms with Crippen molar-refractivity contribution >= 4 is 22.4 Å². The highest BCUT2D eigenvalue weighted by Crippen LogP contribution is 2.57. The largest absolute Gasteiger partial charge is 0.474 e. The Morgan fingerprint density at radius 2 is 1.97 bits per heavy atom. The molecule has 0 saturated heterocycles. The van der Waals surface area contributed by atoms with Crippen LogP contribution in [0.4, 0.5) is 9.52 Å².